The molecule has 0 aliphatic rings. The number of nitrogens with zero attached hydrogens (tertiary/aromatic N) is 2. The standard InChI is InChI=1S/C14H23N3O4S/c1-10(2)11(3)15-13(18)9-17-8-12(6-7-14(17)19)22(20,21)16(4)5/h6-8,10-11H,9H2,1-5H3,(H,15,18)/t11-/m0/s1. The maximum absolute atomic E-state index is 12.1. The maximum Gasteiger partial charge on any atom is 0.251 e. The second-order valence-corrected chi connectivity index (χ2v) is 7.87. The van der Waals surface area contributed by atoms with E-state index >= 15 is 0 Å². The molecule has 1 amide bonds. The lowest BCUT2D eigenvalue weighted by molar-refractivity contribution is -0.122. The highest BCUT2D eigenvalue weighted by atomic mass is 32.2. The molecule has 0 fully saturated rings. The first-order chi connectivity index (χ1) is 10.1. The maximum atomic E-state index is 12.1. The average Bonchev–Trinajstić information content (AvgIpc) is 2.40. The van der Waals surface area contributed by atoms with Crippen molar-refractivity contribution in [3.05, 3.63) is 28.7 Å². The lowest BCUT2D eigenvalue weighted by Crippen LogP contribution is -2.39. The Bertz CT molecular complexity index is 692. The number of amides is 1. The minimum atomic E-state index is -3.65. The summed E-state index contributed by atoms with van der Waals surface area (Å²) in [4.78, 5) is 23.7. The van der Waals surface area contributed by atoms with Crippen LogP contribution in [-0.2, 0) is 21.4 Å². The van der Waals surface area contributed by atoms with Crippen molar-refractivity contribution in [2.75, 3.05) is 14.1 Å². The summed E-state index contributed by atoms with van der Waals surface area (Å²) >= 11 is 0. The van der Waals surface area contributed by atoms with Gasteiger partial charge in [0.2, 0.25) is 15.9 Å². The Kier molecular flexibility index (Phi) is 5.90. The predicted molar refractivity (Wildman–Crippen MR) is 84.0 cm³/mol. The van der Waals surface area contributed by atoms with Crippen molar-refractivity contribution in [2.24, 2.45) is 5.92 Å². The van der Waals surface area contributed by atoms with Gasteiger partial charge in [0.25, 0.3) is 5.56 Å². The van der Waals surface area contributed by atoms with Crippen molar-refractivity contribution in [1.29, 1.82) is 0 Å². The first-order valence-electron chi connectivity index (χ1n) is 6.98. The van der Waals surface area contributed by atoms with Gasteiger partial charge in [-0.1, -0.05) is 13.8 Å². The molecule has 0 aliphatic carbocycles. The summed E-state index contributed by atoms with van der Waals surface area (Å²) in [6.07, 6.45) is 1.19. The number of pyridine rings is 1. The van der Waals surface area contributed by atoms with Crippen molar-refractivity contribution in [1.82, 2.24) is 14.2 Å². The van der Waals surface area contributed by atoms with Crippen LogP contribution >= 0.6 is 0 Å². The number of hydrogen-bond donors (Lipinski definition) is 1. The molecule has 22 heavy (non-hydrogen) atoms. The number of hydrogen-bond acceptors (Lipinski definition) is 4. The molecular weight excluding hydrogens is 306 g/mol. The molecule has 0 radical (unpaired) electrons. The number of carbonyl (C=O) groups excluding carboxylic acids is 1. The van der Waals surface area contributed by atoms with E-state index in [1.54, 1.807) is 0 Å². The highest BCUT2D eigenvalue weighted by molar-refractivity contribution is 7.89. The molecule has 0 unspecified atom stereocenters. The molecular formula is C14H23N3O4S. The fourth-order valence-corrected chi connectivity index (χ4v) is 2.54. The Balaban J connectivity index is 3.02. The number of rotatable bonds is 6. The molecule has 1 aromatic heterocycles. The summed E-state index contributed by atoms with van der Waals surface area (Å²) < 4.78 is 26.3. The molecule has 0 saturated carbocycles. The van der Waals surface area contributed by atoms with Gasteiger partial charge in [0.15, 0.2) is 0 Å². The van der Waals surface area contributed by atoms with Crippen LogP contribution in [0, 0.1) is 5.92 Å². The Labute approximate surface area is 131 Å². The highest BCUT2D eigenvalue weighted by Gasteiger charge is 2.19. The molecule has 7 nitrogen and oxygen atoms in total. The van der Waals surface area contributed by atoms with Gasteiger partial charge in [-0.2, -0.15) is 0 Å². The van der Waals surface area contributed by atoms with Gasteiger partial charge >= 0.3 is 0 Å². The molecule has 1 aromatic rings. The van der Waals surface area contributed by atoms with E-state index in [1.807, 2.05) is 20.8 Å². The molecule has 0 saturated heterocycles. The molecule has 0 aromatic carbocycles. The van der Waals surface area contributed by atoms with Gasteiger partial charge in [-0.05, 0) is 18.9 Å². The third-order valence-corrected chi connectivity index (χ3v) is 5.24. The van der Waals surface area contributed by atoms with E-state index in [9.17, 15) is 18.0 Å². The monoisotopic (exact) mass is 329 g/mol. The molecule has 1 heterocycles. The topological polar surface area (TPSA) is 88.5 Å². The van der Waals surface area contributed by atoms with Crippen LogP contribution in [0.4, 0.5) is 0 Å². The second-order valence-electron chi connectivity index (χ2n) is 5.72. The molecule has 8 heteroatoms. The Morgan fingerprint density at radius 3 is 2.36 bits per heavy atom. The Morgan fingerprint density at radius 1 is 1.27 bits per heavy atom. The van der Waals surface area contributed by atoms with Gasteiger partial charge in [0.05, 0.1) is 4.90 Å². The van der Waals surface area contributed by atoms with Gasteiger partial charge in [-0.25, -0.2) is 12.7 Å². The van der Waals surface area contributed by atoms with Gasteiger partial charge in [-0.3, -0.25) is 9.59 Å². The molecule has 1 N–H and O–H groups in total. The van der Waals surface area contributed by atoms with E-state index in [0.29, 0.717) is 0 Å². The van der Waals surface area contributed by atoms with Gasteiger partial charge in [-0.15, -0.1) is 0 Å². The van der Waals surface area contributed by atoms with Crippen LogP contribution in [0.1, 0.15) is 20.8 Å². The normalized spacial score (nSPS) is 13.4. The SMILES string of the molecule is CC(C)[C@H](C)NC(=O)Cn1cc(S(=O)(=O)N(C)C)ccc1=O. The summed E-state index contributed by atoms with van der Waals surface area (Å²) in [7, 11) is -0.837. The van der Waals surface area contributed by atoms with Crippen LogP contribution in [0.15, 0.2) is 28.0 Å². The van der Waals surface area contributed by atoms with Crippen LogP contribution in [0.25, 0.3) is 0 Å². The van der Waals surface area contributed by atoms with Gasteiger partial charge in [0.1, 0.15) is 6.54 Å². The molecule has 0 spiro atoms. The zero-order valence-electron chi connectivity index (χ0n) is 13.5. The third-order valence-electron chi connectivity index (χ3n) is 3.44. The largest absolute Gasteiger partial charge is 0.352 e. The summed E-state index contributed by atoms with van der Waals surface area (Å²) in [5.41, 5.74) is -0.426. The summed E-state index contributed by atoms with van der Waals surface area (Å²) in [6.45, 7) is 5.60. The fraction of sp³-hybridized carbons (Fsp3) is 0.571. The highest BCUT2D eigenvalue weighted by Crippen LogP contribution is 2.10. The number of nitrogens with one attached hydrogen (secondary N) is 1. The minimum Gasteiger partial charge on any atom is -0.352 e. The number of sulfonamides is 1. The van der Waals surface area contributed by atoms with Crippen LogP contribution in [-0.4, -0.2) is 43.3 Å². The van der Waals surface area contributed by atoms with E-state index in [2.05, 4.69) is 5.32 Å². The van der Waals surface area contributed by atoms with Crippen molar-refractivity contribution in [3.63, 3.8) is 0 Å². The van der Waals surface area contributed by atoms with Crippen LogP contribution in [0.2, 0.25) is 0 Å². The molecule has 124 valence electrons. The fourth-order valence-electron chi connectivity index (χ4n) is 1.62. The van der Waals surface area contributed by atoms with Crippen LogP contribution in [0.3, 0.4) is 0 Å². The lowest BCUT2D eigenvalue weighted by atomic mass is 10.1. The van der Waals surface area contributed by atoms with E-state index in [0.717, 1.165) is 14.9 Å². The van der Waals surface area contributed by atoms with Crippen molar-refractivity contribution in [2.45, 2.75) is 38.3 Å². The van der Waals surface area contributed by atoms with E-state index in [-0.39, 0.29) is 29.3 Å². The van der Waals surface area contributed by atoms with Gasteiger partial charge < -0.3 is 9.88 Å². The molecule has 1 atom stereocenters. The quantitative estimate of drug-likeness (QED) is 0.811. The Hall–Kier alpha value is -1.67. The van der Waals surface area contributed by atoms with Crippen molar-refractivity contribution in [3.8, 4) is 0 Å². The minimum absolute atomic E-state index is 0.0261. The number of aromatic nitrogens is 1. The molecule has 0 aliphatic heterocycles. The zero-order valence-corrected chi connectivity index (χ0v) is 14.3. The van der Waals surface area contributed by atoms with E-state index in [1.165, 1.54) is 26.4 Å². The first kappa shape index (κ1) is 18.4. The predicted octanol–water partition coefficient (Wildman–Crippen LogP) is 0.259. The lowest BCUT2D eigenvalue weighted by Gasteiger charge is -2.18. The van der Waals surface area contributed by atoms with Crippen LogP contribution in [0.5, 0.6) is 0 Å². The second kappa shape index (κ2) is 7.06. The number of carbonyl (C=O) groups is 1. The van der Waals surface area contributed by atoms with Crippen molar-refractivity contribution >= 4 is 15.9 Å². The summed E-state index contributed by atoms with van der Waals surface area (Å²) in [5, 5.41) is 2.78. The first-order valence-corrected chi connectivity index (χ1v) is 8.42. The summed E-state index contributed by atoms with van der Waals surface area (Å²) in [5.74, 6) is -0.0659. The van der Waals surface area contributed by atoms with Gasteiger partial charge in [0, 0.05) is 32.4 Å². The van der Waals surface area contributed by atoms with E-state index < -0.39 is 15.6 Å². The molecule has 1 rings (SSSR count). The average molecular weight is 329 g/mol. The van der Waals surface area contributed by atoms with Crippen LogP contribution < -0.4 is 10.9 Å². The van der Waals surface area contributed by atoms with E-state index in [4.69, 9.17) is 0 Å². The van der Waals surface area contributed by atoms with Crippen molar-refractivity contribution < 1.29 is 13.2 Å². The summed E-state index contributed by atoms with van der Waals surface area (Å²) in [6, 6.07) is 2.36. The Morgan fingerprint density at radius 2 is 1.86 bits per heavy atom. The molecule has 0 bridgehead atoms. The zero-order chi connectivity index (χ0) is 17.1. The smallest absolute Gasteiger partial charge is 0.251 e. The third kappa shape index (κ3) is 4.41.